The highest BCUT2D eigenvalue weighted by atomic mass is 16.7. The quantitative estimate of drug-likeness (QED) is 0.735. The van der Waals surface area contributed by atoms with Gasteiger partial charge in [-0.1, -0.05) is 13.0 Å². The zero-order chi connectivity index (χ0) is 16.8. The van der Waals surface area contributed by atoms with Crippen molar-refractivity contribution in [3.63, 3.8) is 0 Å². The van der Waals surface area contributed by atoms with Crippen molar-refractivity contribution in [1.82, 2.24) is 4.90 Å². The Morgan fingerprint density at radius 3 is 2.50 bits per heavy atom. The van der Waals surface area contributed by atoms with E-state index >= 15 is 0 Å². The smallest absolute Gasteiger partial charge is 0.444 e. The number of carbonyl (C=O) groups is 1. The van der Waals surface area contributed by atoms with Crippen molar-refractivity contribution >= 4 is 13.2 Å². The van der Waals surface area contributed by atoms with Crippen LogP contribution in [-0.4, -0.2) is 48.0 Å². The molecule has 1 amide bonds. The third-order valence-corrected chi connectivity index (χ3v) is 4.62. The number of carbonyl (C=O) groups excluding carboxylic acids is 1. The van der Waals surface area contributed by atoms with Gasteiger partial charge in [-0.05, 0) is 53.4 Å². The summed E-state index contributed by atoms with van der Waals surface area (Å²) in [5, 5.41) is 0. The van der Waals surface area contributed by atoms with Crippen LogP contribution in [0.5, 0.6) is 0 Å². The molecule has 0 spiro atoms. The molecular formula is C16H28BNO4. The first-order chi connectivity index (χ1) is 9.97. The van der Waals surface area contributed by atoms with Gasteiger partial charge in [0.05, 0.1) is 11.2 Å². The first-order valence-electron chi connectivity index (χ1n) is 8.00. The fourth-order valence-electron chi connectivity index (χ4n) is 2.67. The topological polar surface area (TPSA) is 48.0 Å². The van der Waals surface area contributed by atoms with Crippen LogP contribution in [-0.2, 0) is 14.0 Å². The average molecular weight is 309 g/mol. The molecule has 1 atom stereocenters. The van der Waals surface area contributed by atoms with Crippen LogP contribution in [0.25, 0.3) is 0 Å². The van der Waals surface area contributed by atoms with Crippen LogP contribution in [0.1, 0.15) is 54.9 Å². The van der Waals surface area contributed by atoms with Crippen LogP contribution in [0.3, 0.4) is 0 Å². The van der Waals surface area contributed by atoms with E-state index in [1.807, 2.05) is 26.8 Å². The lowest BCUT2D eigenvalue weighted by molar-refractivity contribution is -0.0118. The second-order valence-electron chi connectivity index (χ2n) is 7.80. The van der Waals surface area contributed by atoms with E-state index in [9.17, 15) is 4.79 Å². The van der Waals surface area contributed by atoms with Gasteiger partial charge in [-0.25, -0.2) is 4.79 Å². The van der Waals surface area contributed by atoms with Crippen molar-refractivity contribution in [3.05, 3.63) is 11.5 Å². The third kappa shape index (κ3) is 3.33. The molecule has 0 aromatic carbocycles. The van der Waals surface area contributed by atoms with Gasteiger partial charge in [0.2, 0.25) is 0 Å². The predicted octanol–water partition coefficient (Wildman–Crippen LogP) is 3.19. The Bertz CT molecular complexity index is 483. The SMILES string of the molecule is CCC1(C)OB(C2=CCN(C(=O)OC(C)(C)C)C2)OC1(C)C. The highest BCUT2D eigenvalue weighted by molar-refractivity contribution is 6.55. The fraction of sp³-hybridized carbons (Fsp3) is 0.812. The van der Waals surface area contributed by atoms with Gasteiger partial charge in [0, 0.05) is 13.1 Å². The molecule has 2 aliphatic rings. The summed E-state index contributed by atoms with van der Waals surface area (Å²) in [5.41, 5.74) is -0.163. The predicted molar refractivity (Wildman–Crippen MR) is 86.6 cm³/mol. The van der Waals surface area contributed by atoms with Crippen LogP contribution in [0.15, 0.2) is 11.5 Å². The van der Waals surface area contributed by atoms with E-state index in [1.165, 1.54) is 0 Å². The molecule has 0 aromatic rings. The van der Waals surface area contributed by atoms with E-state index < -0.39 is 5.60 Å². The van der Waals surface area contributed by atoms with Gasteiger partial charge in [-0.2, -0.15) is 0 Å². The number of rotatable bonds is 2. The average Bonchev–Trinajstić information content (AvgIpc) is 2.92. The number of hydrogen-bond acceptors (Lipinski definition) is 4. The molecule has 0 aromatic heterocycles. The number of ether oxygens (including phenoxy) is 1. The first kappa shape index (κ1) is 17.4. The van der Waals surface area contributed by atoms with Crippen molar-refractivity contribution in [2.75, 3.05) is 13.1 Å². The summed E-state index contributed by atoms with van der Waals surface area (Å²) in [7, 11) is -0.382. The Hall–Kier alpha value is -1.01. The van der Waals surface area contributed by atoms with Crippen LogP contribution in [0.4, 0.5) is 4.79 Å². The maximum atomic E-state index is 12.1. The van der Waals surface area contributed by atoms with Crippen molar-refractivity contribution in [2.45, 2.75) is 71.7 Å². The first-order valence-corrected chi connectivity index (χ1v) is 8.00. The summed E-state index contributed by atoms with van der Waals surface area (Å²) in [4.78, 5) is 13.8. The van der Waals surface area contributed by atoms with E-state index in [0.29, 0.717) is 13.1 Å². The van der Waals surface area contributed by atoms with Crippen molar-refractivity contribution < 1.29 is 18.8 Å². The Kier molecular flexibility index (Phi) is 4.39. The van der Waals surface area contributed by atoms with Crippen LogP contribution in [0.2, 0.25) is 0 Å². The standard InChI is InChI=1S/C16H28BNO4/c1-8-16(7)15(5,6)21-17(22-16)12-9-10-18(11-12)13(19)20-14(2,3)4/h9H,8,10-11H2,1-7H3. The Balaban J connectivity index is 1.99. The molecule has 0 radical (unpaired) electrons. The molecule has 1 fully saturated rings. The molecule has 22 heavy (non-hydrogen) atoms. The van der Waals surface area contributed by atoms with Gasteiger partial charge in [-0.15, -0.1) is 0 Å². The highest BCUT2D eigenvalue weighted by Crippen LogP contribution is 2.41. The molecule has 0 aliphatic carbocycles. The molecule has 5 nitrogen and oxygen atoms in total. The summed E-state index contributed by atoms with van der Waals surface area (Å²) >= 11 is 0. The lowest BCUT2D eigenvalue weighted by Crippen LogP contribution is -2.44. The van der Waals surface area contributed by atoms with Crippen molar-refractivity contribution in [3.8, 4) is 0 Å². The minimum atomic E-state index is -0.483. The minimum absolute atomic E-state index is 0.297. The van der Waals surface area contributed by atoms with E-state index in [-0.39, 0.29) is 24.4 Å². The van der Waals surface area contributed by atoms with Crippen molar-refractivity contribution in [2.24, 2.45) is 0 Å². The van der Waals surface area contributed by atoms with Gasteiger partial charge in [-0.3, -0.25) is 0 Å². The Labute approximate surface area is 134 Å². The second-order valence-corrected chi connectivity index (χ2v) is 7.80. The fourth-order valence-corrected chi connectivity index (χ4v) is 2.67. The maximum Gasteiger partial charge on any atom is 0.492 e. The molecule has 124 valence electrons. The lowest BCUT2D eigenvalue weighted by atomic mass is 9.79. The summed E-state index contributed by atoms with van der Waals surface area (Å²) < 4.78 is 17.7. The maximum absolute atomic E-state index is 12.1. The second kappa shape index (κ2) is 5.57. The van der Waals surface area contributed by atoms with Crippen molar-refractivity contribution in [1.29, 1.82) is 0 Å². The summed E-state index contributed by atoms with van der Waals surface area (Å²) in [6, 6.07) is 0. The van der Waals surface area contributed by atoms with Gasteiger partial charge in [0.15, 0.2) is 0 Å². The zero-order valence-corrected chi connectivity index (χ0v) is 14.9. The monoisotopic (exact) mass is 309 g/mol. The largest absolute Gasteiger partial charge is 0.492 e. The number of nitrogens with zero attached hydrogens (tertiary/aromatic N) is 1. The van der Waals surface area contributed by atoms with Gasteiger partial charge in [0.25, 0.3) is 0 Å². The normalized spacial score (nSPS) is 28.0. The van der Waals surface area contributed by atoms with E-state index in [2.05, 4.69) is 27.7 Å². The number of amides is 1. The summed E-state index contributed by atoms with van der Waals surface area (Å²) in [6.45, 7) is 14.9. The Morgan fingerprint density at radius 2 is 2.00 bits per heavy atom. The molecular weight excluding hydrogens is 281 g/mol. The number of hydrogen-bond donors (Lipinski definition) is 0. The van der Waals surface area contributed by atoms with Crippen LogP contribution < -0.4 is 0 Å². The van der Waals surface area contributed by atoms with Gasteiger partial charge < -0.3 is 18.9 Å². The summed E-state index contributed by atoms with van der Waals surface area (Å²) in [5.74, 6) is 0. The summed E-state index contributed by atoms with van der Waals surface area (Å²) in [6.07, 6.45) is 2.58. The van der Waals surface area contributed by atoms with E-state index in [0.717, 1.165) is 11.9 Å². The molecule has 0 bridgehead atoms. The highest BCUT2D eigenvalue weighted by Gasteiger charge is 2.54. The van der Waals surface area contributed by atoms with E-state index in [4.69, 9.17) is 14.0 Å². The zero-order valence-electron chi connectivity index (χ0n) is 14.9. The molecule has 1 saturated heterocycles. The molecule has 0 saturated carbocycles. The molecule has 2 rings (SSSR count). The lowest BCUT2D eigenvalue weighted by Gasteiger charge is -2.35. The molecule has 1 unspecified atom stereocenters. The molecule has 2 aliphatic heterocycles. The third-order valence-electron chi connectivity index (χ3n) is 4.62. The Morgan fingerprint density at radius 1 is 1.36 bits per heavy atom. The molecule has 0 N–H and O–H groups in total. The van der Waals surface area contributed by atoms with E-state index in [1.54, 1.807) is 4.90 Å². The molecule has 2 heterocycles. The van der Waals surface area contributed by atoms with Crippen LogP contribution >= 0.6 is 0 Å². The van der Waals surface area contributed by atoms with Crippen LogP contribution in [0, 0.1) is 0 Å². The molecule has 6 heteroatoms. The minimum Gasteiger partial charge on any atom is -0.444 e. The van der Waals surface area contributed by atoms with Gasteiger partial charge in [0.1, 0.15) is 5.60 Å². The van der Waals surface area contributed by atoms with Gasteiger partial charge >= 0.3 is 13.2 Å².